The summed E-state index contributed by atoms with van der Waals surface area (Å²) in [7, 11) is 0. The summed E-state index contributed by atoms with van der Waals surface area (Å²) in [5.74, 6) is -0.414. The number of hydrogen-bond donors (Lipinski definition) is 1. The maximum atomic E-state index is 12.3. The number of anilines is 1. The first kappa shape index (κ1) is 20.6. The summed E-state index contributed by atoms with van der Waals surface area (Å²) >= 11 is 0. The molecule has 0 saturated carbocycles. The van der Waals surface area contributed by atoms with Crippen molar-refractivity contribution in [2.75, 3.05) is 31.1 Å². The molecule has 1 amide bonds. The minimum atomic E-state index is -0.414. The zero-order valence-corrected chi connectivity index (χ0v) is 18.9. The summed E-state index contributed by atoms with van der Waals surface area (Å²) in [6.07, 6.45) is 2.48. The SMILES string of the molecule is Cc1ccc(-c2cc(C(N)=O)c3c(n2)-c2ccc(N4CCN(C(C)C)CC4)cc2C3)cn1. The summed E-state index contributed by atoms with van der Waals surface area (Å²) in [5.41, 5.74) is 14.2. The molecule has 3 heterocycles. The highest BCUT2D eigenvalue weighted by molar-refractivity contribution is 5.98. The van der Waals surface area contributed by atoms with Crippen molar-refractivity contribution in [2.45, 2.75) is 33.2 Å². The van der Waals surface area contributed by atoms with E-state index >= 15 is 0 Å². The zero-order valence-electron chi connectivity index (χ0n) is 18.9. The van der Waals surface area contributed by atoms with E-state index in [1.54, 1.807) is 6.20 Å². The van der Waals surface area contributed by atoms with Crippen LogP contribution in [0.2, 0.25) is 0 Å². The zero-order chi connectivity index (χ0) is 22.4. The van der Waals surface area contributed by atoms with E-state index in [9.17, 15) is 4.79 Å². The quantitative estimate of drug-likeness (QED) is 0.538. The van der Waals surface area contributed by atoms with E-state index in [4.69, 9.17) is 10.7 Å². The Morgan fingerprint density at radius 1 is 1.06 bits per heavy atom. The Balaban J connectivity index is 1.50. The van der Waals surface area contributed by atoms with E-state index in [1.165, 1.54) is 11.3 Å². The number of fused-ring (bicyclic) bond motifs is 3. The molecule has 32 heavy (non-hydrogen) atoms. The van der Waals surface area contributed by atoms with Gasteiger partial charge in [0.2, 0.25) is 5.91 Å². The van der Waals surface area contributed by atoms with Crippen molar-refractivity contribution in [1.29, 1.82) is 0 Å². The van der Waals surface area contributed by atoms with Gasteiger partial charge in [0, 0.05) is 72.9 Å². The largest absolute Gasteiger partial charge is 0.369 e. The third-order valence-corrected chi connectivity index (χ3v) is 6.72. The lowest BCUT2D eigenvalue weighted by molar-refractivity contribution is 0.0999. The Morgan fingerprint density at radius 2 is 1.84 bits per heavy atom. The average Bonchev–Trinajstić information content (AvgIpc) is 3.16. The van der Waals surface area contributed by atoms with Gasteiger partial charge in [-0.05, 0) is 62.2 Å². The van der Waals surface area contributed by atoms with Gasteiger partial charge in [-0.25, -0.2) is 4.98 Å². The molecule has 6 nitrogen and oxygen atoms in total. The molecule has 2 aromatic heterocycles. The molecule has 5 rings (SSSR count). The second kappa shape index (κ2) is 8.02. The predicted molar refractivity (Wildman–Crippen MR) is 128 cm³/mol. The monoisotopic (exact) mass is 427 g/mol. The van der Waals surface area contributed by atoms with E-state index in [0.717, 1.165) is 60.0 Å². The number of piperazine rings is 1. The molecule has 3 aromatic rings. The van der Waals surface area contributed by atoms with E-state index in [1.807, 2.05) is 25.1 Å². The minimum Gasteiger partial charge on any atom is -0.369 e. The van der Waals surface area contributed by atoms with Crippen LogP contribution in [-0.2, 0) is 6.42 Å². The van der Waals surface area contributed by atoms with Crippen LogP contribution in [0.5, 0.6) is 0 Å². The molecule has 0 unspecified atom stereocenters. The third kappa shape index (κ3) is 3.65. The lowest BCUT2D eigenvalue weighted by Gasteiger charge is -2.38. The van der Waals surface area contributed by atoms with Crippen LogP contribution in [0.25, 0.3) is 22.5 Å². The van der Waals surface area contributed by atoms with Gasteiger partial charge >= 0.3 is 0 Å². The normalized spacial score (nSPS) is 15.7. The number of benzene rings is 1. The maximum absolute atomic E-state index is 12.3. The highest BCUT2D eigenvalue weighted by Crippen LogP contribution is 2.40. The van der Waals surface area contributed by atoms with Crippen molar-refractivity contribution in [3.63, 3.8) is 0 Å². The molecule has 0 atom stereocenters. The summed E-state index contributed by atoms with van der Waals surface area (Å²) in [4.78, 5) is 26.6. The number of nitrogens with two attached hydrogens (primary N) is 1. The van der Waals surface area contributed by atoms with Crippen LogP contribution in [0.1, 0.15) is 41.0 Å². The summed E-state index contributed by atoms with van der Waals surface area (Å²) in [6, 6.07) is 12.9. The molecule has 2 aliphatic rings. The molecule has 164 valence electrons. The van der Waals surface area contributed by atoms with Gasteiger partial charge in [-0.3, -0.25) is 14.7 Å². The van der Waals surface area contributed by atoms with Crippen molar-refractivity contribution < 1.29 is 4.79 Å². The van der Waals surface area contributed by atoms with Crippen molar-refractivity contribution in [3.05, 3.63) is 65.0 Å². The number of aromatic nitrogens is 2. The molecule has 1 fully saturated rings. The molecule has 6 heteroatoms. The number of pyridine rings is 2. The van der Waals surface area contributed by atoms with Crippen molar-refractivity contribution in [2.24, 2.45) is 5.73 Å². The minimum absolute atomic E-state index is 0.414. The van der Waals surface area contributed by atoms with Gasteiger partial charge < -0.3 is 10.6 Å². The molecule has 0 radical (unpaired) electrons. The fourth-order valence-corrected chi connectivity index (χ4v) is 4.80. The number of amides is 1. The number of rotatable bonds is 4. The average molecular weight is 428 g/mol. The maximum Gasteiger partial charge on any atom is 0.249 e. The van der Waals surface area contributed by atoms with Crippen molar-refractivity contribution in [3.8, 4) is 22.5 Å². The van der Waals surface area contributed by atoms with Crippen LogP contribution in [0.4, 0.5) is 5.69 Å². The predicted octanol–water partition coefficient (Wildman–Crippen LogP) is 3.65. The molecule has 1 aromatic carbocycles. The first-order valence-electron chi connectivity index (χ1n) is 11.3. The molecule has 0 spiro atoms. The molecule has 2 N–H and O–H groups in total. The van der Waals surface area contributed by atoms with E-state index in [0.29, 0.717) is 18.0 Å². The highest BCUT2D eigenvalue weighted by Gasteiger charge is 2.27. The number of carbonyl (C=O) groups is 1. The standard InChI is InChI=1S/C26H29N5O/c1-16(2)30-8-10-31(11-9-30)20-6-7-21-19(12-20)13-22-23(26(27)32)14-24(29-25(21)22)18-5-4-17(3)28-15-18/h4-7,12,14-16H,8-11,13H2,1-3H3,(H2,27,32). The van der Waals surface area contributed by atoms with Crippen molar-refractivity contribution in [1.82, 2.24) is 14.9 Å². The summed E-state index contributed by atoms with van der Waals surface area (Å²) < 4.78 is 0. The number of carbonyl (C=O) groups excluding carboxylic acids is 1. The summed E-state index contributed by atoms with van der Waals surface area (Å²) in [5, 5.41) is 0. The Labute approximate surface area is 189 Å². The second-order valence-corrected chi connectivity index (χ2v) is 9.07. The highest BCUT2D eigenvalue weighted by atomic mass is 16.1. The number of primary amides is 1. The molecule has 1 saturated heterocycles. The van der Waals surface area contributed by atoms with Crippen LogP contribution in [0, 0.1) is 6.92 Å². The Hall–Kier alpha value is -3.25. The second-order valence-electron chi connectivity index (χ2n) is 9.07. The molecule has 0 bridgehead atoms. The van der Waals surface area contributed by atoms with Gasteiger partial charge in [0.1, 0.15) is 0 Å². The lowest BCUT2D eigenvalue weighted by Crippen LogP contribution is -2.48. The van der Waals surface area contributed by atoms with Gasteiger partial charge in [-0.15, -0.1) is 0 Å². The first-order valence-corrected chi connectivity index (χ1v) is 11.3. The van der Waals surface area contributed by atoms with Gasteiger partial charge in [0.05, 0.1) is 11.4 Å². The van der Waals surface area contributed by atoms with Crippen LogP contribution >= 0.6 is 0 Å². The third-order valence-electron chi connectivity index (χ3n) is 6.72. The molecular formula is C26H29N5O. The van der Waals surface area contributed by atoms with Gasteiger partial charge in [0.15, 0.2) is 0 Å². The fraction of sp³-hybridized carbons (Fsp3) is 0.346. The Morgan fingerprint density at radius 3 is 2.50 bits per heavy atom. The molecular weight excluding hydrogens is 398 g/mol. The van der Waals surface area contributed by atoms with Crippen LogP contribution in [-0.4, -0.2) is 53.0 Å². The van der Waals surface area contributed by atoms with Crippen LogP contribution < -0.4 is 10.6 Å². The molecule has 1 aliphatic carbocycles. The van der Waals surface area contributed by atoms with Gasteiger partial charge in [-0.1, -0.05) is 6.07 Å². The van der Waals surface area contributed by atoms with E-state index in [-0.39, 0.29) is 0 Å². The molecule has 1 aliphatic heterocycles. The Kier molecular flexibility index (Phi) is 5.18. The topological polar surface area (TPSA) is 75.4 Å². The number of aryl methyl sites for hydroxylation is 1. The Bertz CT molecular complexity index is 1180. The van der Waals surface area contributed by atoms with E-state index < -0.39 is 5.91 Å². The number of hydrogen-bond acceptors (Lipinski definition) is 5. The lowest BCUT2D eigenvalue weighted by atomic mass is 10.0. The fourth-order valence-electron chi connectivity index (χ4n) is 4.80. The van der Waals surface area contributed by atoms with Gasteiger partial charge in [-0.2, -0.15) is 0 Å². The van der Waals surface area contributed by atoms with E-state index in [2.05, 4.69) is 46.8 Å². The first-order chi connectivity index (χ1) is 15.4. The summed E-state index contributed by atoms with van der Waals surface area (Å²) in [6.45, 7) is 10.7. The van der Waals surface area contributed by atoms with Crippen molar-refractivity contribution >= 4 is 11.6 Å². The smallest absolute Gasteiger partial charge is 0.249 e. The van der Waals surface area contributed by atoms with Crippen LogP contribution in [0.15, 0.2) is 42.6 Å². The van der Waals surface area contributed by atoms with Crippen LogP contribution in [0.3, 0.4) is 0 Å². The number of nitrogens with zero attached hydrogens (tertiary/aromatic N) is 4. The van der Waals surface area contributed by atoms with Gasteiger partial charge in [0.25, 0.3) is 0 Å².